The van der Waals surface area contributed by atoms with Crippen molar-refractivity contribution in [2.24, 2.45) is 0 Å². The molecule has 2 aromatic rings. The van der Waals surface area contributed by atoms with Crippen LogP contribution in [0.15, 0.2) is 36.4 Å². The number of halogens is 4. The summed E-state index contributed by atoms with van der Waals surface area (Å²) in [4.78, 5) is 23.5. The molecule has 0 spiro atoms. The van der Waals surface area contributed by atoms with Crippen molar-refractivity contribution in [3.63, 3.8) is 0 Å². The molecule has 2 rings (SSSR count). The maximum absolute atomic E-state index is 13.1. The van der Waals surface area contributed by atoms with Crippen LogP contribution in [0.1, 0.15) is 24.0 Å². The van der Waals surface area contributed by atoms with Crippen LogP contribution in [0.2, 0.25) is 0 Å². The quantitative estimate of drug-likeness (QED) is 0.399. The van der Waals surface area contributed by atoms with Crippen LogP contribution in [-0.4, -0.2) is 17.8 Å². The van der Waals surface area contributed by atoms with Crippen molar-refractivity contribution in [1.29, 1.82) is 5.41 Å². The standard InChI is InChI=1S/C19H17F4N3O2/c20-13-5-11(6-14(21)9-13)1-3-17(27)25-19(24)26-18(28)4-2-12-7-15(22)10-16(23)8-12/h5-10H,1-4H2,(H3,24,25,26,27,28). The fourth-order valence-electron chi connectivity index (χ4n) is 2.46. The Morgan fingerprint density at radius 2 is 1.00 bits per heavy atom. The molecule has 28 heavy (non-hydrogen) atoms. The van der Waals surface area contributed by atoms with Crippen LogP contribution in [0, 0.1) is 28.7 Å². The summed E-state index contributed by atoms with van der Waals surface area (Å²) in [5, 5.41) is 11.8. The Bertz CT molecular complexity index is 791. The molecule has 0 fully saturated rings. The second-order valence-corrected chi connectivity index (χ2v) is 6.03. The molecular formula is C19H17F4N3O2. The molecule has 0 heterocycles. The fourth-order valence-corrected chi connectivity index (χ4v) is 2.46. The molecule has 0 unspecified atom stereocenters. The lowest BCUT2D eigenvalue weighted by molar-refractivity contribution is -0.120. The highest BCUT2D eigenvalue weighted by Crippen LogP contribution is 2.11. The maximum atomic E-state index is 13.1. The van der Waals surface area contributed by atoms with Crippen molar-refractivity contribution in [2.75, 3.05) is 0 Å². The Balaban J connectivity index is 1.74. The molecule has 0 aromatic heterocycles. The lowest BCUT2D eigenvalue weighted by Crippen LogP contribution is -2.43. The van der Waals surface area contributed by atoms with Crippen LogP contribution in [0.5, 0.6) is 0 Å². The van der Waals surface area contributed by atoms with Crippen LogP contribution in [-0.2, 0) is 22.4 Å². The number of aryl methyl sites for hydroxylation is 2. The summed E-state index contributed by atoms with van der Waals surface area (Å²) >= 11 is 0. The van der Waals surface area contributed by atoms with E-state index >= 15 is 0 Å². The Morgan fingerprint density at radius 1 is 0.679 bits per heavy atom. The summed E-state index contributed by atoms with van der Waals surface area (Å²) in [5.74, 6) is -4.83. The number of rotatable bonds is 6. The third-order valence-corrected chi connectivity index (χ3v) is 3.65. The Kier molecular flexibility index (Phi) is 7.25. The van der Waals surface area contributed by atoms with Crippen LogP contribution in [0.3, 0.4) is 0 Å². The minimum atomic E-state index is -0.756. The first kappa shape index (κ1) is 21.1. The maximum Gasteiger partial charge on any atom is 0.226 e. The minimum absolute atomic E-state index is 0.0485. The SMILES string of the molecule is N=C(NC(=O)CCc1cc(F)cc(F)c1)NC(=O)CCc1cc(F)cc(F)c1. The van der Waals surface area contributed by atoms with Gasteiger partial charge in [0.05, 0.1) is 0 Å². The Hall–Kier alpha value is -3.23. The summed E-state index contributed by atoms with van der Waals surface area (Å²) in [7, 11) is 0. The van der Waals surface area contributed by atoms with E-state index in [2.05, 4.69) is 10.6 Å². The average molecular weight is 395 g/mol. The highest BCUT2D eigenvalue weighted by molar-refractivity contribution is 6.03. The summed E-state index contributed by atoms with van der Waals surface area (Å²) < 4.78 is 52.3. The monoisotopic (exact) mass is 395 g/mol. The van der Waals surface area contributed by atoms with Crippen LogP contribution in [0.25, 0.3) is 0 Å². The third-order valence-electron chi connectivity index (χ3n) is 3.65. The summed E-state index contributed by atoms with van der Waals surface area (Å²) in [6.07, 6.45) is -0.201. The van der Waals surface area contributed by atoms with Crippen LogP contribution in [0.4, 0.5) is 17.6 Å². The van der Waals surface area contributed by atoms with E-state index in [1.807, 2.05) is 0 Å². The van der Waals surface area contributed by atoms with E-state index in [0.717, 1.165) is 24.3 Å². The molecule has 0 aliphatic carbocycles. The summed E-state index contributed by atoms with van der Waals surface area (Å²) in [5.41, 5.74) is 0.566. The van der Waals surface area contributed by atoms with Gasteiger partial charge in [0.1, 0.15) is 23.3 Å². The molecule has 9 heteroatoms. The van der Waals surface area contributed by atoms with E-state index in [4.69, 9.17) is 5.41 Å². The Morgan fingerprint density at radius 3 is 1.32 bits per heavy atom. The smallest absolute Gasteiger partial charge is 0.226 e. The van der Waals surface area contributed by atoms with Gasteiger partial charge in [-0.25, -0.2) is 17.6 Å². The van der Waals surface area contributed by atoms with Gasteiger partial charge in [-0.05, 0) is 48.2 Å². The average Bonchev–Trinajstić information content (AvgIpc) is 2.56. The van der Waals surface area contributed by atoms with E-state index in [0.29, 0.717) is 12.1 Å². The van der Waals surface area contributed by atoms with Gasteiger partial charge < -0.3 is 0 Å². The summed E-state index contributed by atoms with van der Waals surface area (Å²) in [6, 6.07) is 5.81. The number of benzene rings is 2. The van der Waals surface area contributed by atoms with Gasteiger partial charge in [-0.2, -0.15) is 0 Å². The van der Waals surface area contributed by atoms with Crippen molar-refractivity contribution >= 4 is 17.8 Å². The largest absolute Gasteiger partial charge is 0.297 e. The lowest BCUT2D eigenvalue weighted by Gasteiger charge is -2.09. The normalized spacial score (nSPS) is 10.4. The molecule has 148 valence electrons. The number of nitrogens with one attached hydrogen (secondary N) is 3. The van der Waals surface area contributed by atoms with Crippen molar-refractivity contribution in [2.45, 2.75) is 25.7 Å². The molecule has 0 radical (unpaired) electrons. The van der Waals surface area contributed by atoms with Crippen molar-refractivity contribution < 1.29 is 27.2 Å². The second kappa shape index (κ2) is 9.63. The number of hydrogen-bond donors (Lipinski definition) is 3. The van der Waals surface area contributed by atoms with E-state index in [1.54, 1.807) is 0 Å². The second-order valence-electron chi connectivity index (χ2n) is 6.03. The molecule has 5 nitrogen and oxygen atoms in total. The zero-order valence-corrected chi connectivity index (χ0v) is 14.6. The molecule has 3 N–H and O–H groups in total. The predicted molar refractivity (Wildman–Crippen MR) is 93.4 cm³/mol. The highest BCUT2D eigenvalue weighted by atomic mass is 19.1. The van der Waals surface area contributed by atoms with Gasteiger partial charge in [-0.15, -0.1) is 0 Å². The summed E-state index contributed by atoms with van der Waals surface area (Å²) in [6.45, 7) is 0. The molecular weight excluding hydrogens is 378 g/mol. The number of carbonyl (C=O) groups is 2. The predicted octanol–water partition coefficient (Wildman–Crippen LogP) is 2.98. The molecule has 0 aliphatic heterocycles. The Labute approximate surface area is 158 Å². The fraction of sp³-hybridized carbons (Fsp3) is 0.211. The first-order valence-electron chi connectivity index (χ1n) is 8.29. The molecule has 0 saturated heterocycles. The van der Waals surface area contributed by atoms with Crippen molar-refractivity contribution in [3.05, 3.63) is 70.8 Å². The molecule has 2 aromatic carbocycles. The van der Waals surface area contributed by atoms with Crippen molar-refractivity contribution in [3.8, 4) is 0 Å². The first-order chi connectivity index (χ1) is 13.2. The molecule has 0 atom stereocenters. The molecule has 0 saturated carbocycles. The zero-order valence-electron chi connectivity index (χ0n) is 14.6. The van der Waals surface area contributed by atoms with Gasteiger partial charge in [-0.3, -0.25) is 25.6 Å². The van der Waals surface area contributed by atoms with Gasteiger partial charge in [0.15, 0.2) is 0 Å². The third kappa shape index (κ3) is 7.18. The van der Waals surface area contributed by atoms with Gasteiger partial charge >= 0.3 is 0 Å². The minimum Gasteiger partial charge on any atom is -0.297 e. The van der Waals surface area contributed by atoms with Gasteiger partial charge in [-0.1, -0.05) is 0 Å². The first-order valence-corrected chi connectivity index (χ1v) is 8.29. The number of amides is 2. The van der Waals surface area contributed by atoms with Crippen LogP contribution < -0.4 is 10.6 Å². The highest BCUT2D eigenvalue weighted by Gasteiger charge is 2.10. The molecule has 0 bridgehead atoms. The van der Waals surface area contributed by atoms with Gasteiger partial charge in [0.25, 0.3) is 0 Å². The van der Waals surface area contributed by atoms with E-state index in [1.165, 1.54) is 0 Å². The van der Waals surface area contributed by atoms with Gasteiger partial charge in [0.2, 0.25) is 17.8 Å². The zero-order chi connectivity index (χ0) is 20.7. The van der Waals surface area contributed by atoms with E-state index < -0.39 is 41.0 Å². The number of carbonyl (C=O) groups excluding carboxylic acids is 2. The topological polar surface area (TPSA) is 82.1 Å². The van der Waals surface area contributed by atoms with Gasteiger partial charge in [0, 0.05) is 25.0 Å². The molecule has 0 aliphatic rings. The van der Waals surface area contributed by atoms with Crippen LogP contribution >= 0.6 is 0 Å². The molecule has 2 amide bonds. The number of hydrogen-bond acceptors (Lipinski definition) is 3. The van der Waals surface area contributed by atoms with E-state index in [-0.39, 0.29) is 36.8 Å². The van der Waals surface area contributed by atoms with Crippen molar-refractivity contribution in [1.82, 2.24) is 10.6 Å². The lowest BCUT2D eigenvalue weighted by atomic mass is 10.1. The van der Waals surface area contributed by atoms with E-state index in [9.17, 15) is 27.2 Å². The number of guanidine groups is 1.